The maximum absolute atomic E-state index is 9.04. The summed E-state index contributed by atoms with van der Waals surface area (Å²) in [5.74, 6) is 7.58. The van der Waals surface area contributed by atoms with Gasteiger partial charge in [0.15, 0.2) is 0 Å². The molecule has 1 aromatic heterocycles. The Balaban J connectivity index is 2.31. The van der Waals surface area contributed by atoms with E-state index in [4.69, 9.17) is 10.9 Å². The lowest BCUT2D eigenvalue weighted by Crippen LogP contribution is -2.32. The SMILES string of the molecule is CC(C)c1c(NN)ncnc1N1CCCC1CCCO. The number of nitrogen functional groups attached to an aromatic ring is 1. The van der Waals surface area contributed by atoms with Crippen molar-refractivity contribution < 1.29 is 5.11 Å². The van der Waals surface area contributed by atoms with Crippen molar-refractivity contribution >= 4 is 11.6 Å². The number of hydrogen-bond acceptors (Lipinski definition) is 6. The molecule has 0 spiro atoms. The lowest BCUT2D eigenvalue weighted by atomic mass is 10.0. The molecule has 112 valence electrons. The molecule has 0 radical (unpaired) electrons. The van der Waals surface area contributed by atoms with Gasteiger partial charge in [0.05, 0.1) is 0 Å². The molecule has 6 heteroatoms. The van der Waals surface area contributed by atoms with Gasteiger partial charge in [0.1, 0.15) is 18.0 Å². The minimum atomic E-state index is 0.251. The number of nitrogens with zero attached hydrogens (tertiary/aromatic N) is 3. The predicted octanol–water partition coefficient (Wildman–Crippen LogP) is 1.63. The molecule has 20 heavy (non-hydrogen) atoms. The van der Waals surface area contributed by atoms with Crippen molar-refractivity contribution in [1.82, 2.24) is 9.97 Å². The fourth-order valence-corrected chi connectivity index (χ4v) is 3.00. The van der Waals surface area contributed by atoms with Crippen LogP contribution in [0.4, 0.5) is 11.6 Å². The smallest absolute Gasteiger partial charge is 0.148 e. The highest BCUT2D eigenvalue weighted by Gasteiger charge is 2.28. The van der Waals surface area contributed by atoms with E-state index in [-0.39, 0.29) is 6.61 Å². The number of nitrogens with one attached hydrogen (secondary N) is 1. The lowest BCUT2D eigenvalue weighted by molar-refractivity contribution is 0.279. The Morgan fingerprint density at radius 2 is 2.30 bits per heavy atom. The van der Waals surface area contributed by atoms with Crippen LogP contribution in [0.1, 0.15) is 51.0 Å². The van der Waals surface area contributed by atoms with Crippen molar-refractivity contribution in [3.8, 4) is 0 Å². The molecular weight excluding hydrogens is 254 g/mol. The Labute approximate surface area is 120 Å². The van der Waals surface area contributed by atoms with E-state index in [1.54, 1.807) is 6.33 Å². The van der Waals surface area contributed by atoms with Gasteiger partial charge >= 0.3 is 0 Å². The molecule has 1 fully saturated rings. The summed E-state index contributed by atoms with van der Waals surface area (Å²) in [5, 5.41) is 9.04. The van der Waals surface area contributed by atoms with E-state index >= 15 is 0 Å². The summed E-state index contributed by atoms with van der Waals surface area (Å²) in [6.45, 7) is 5.52. The quantitative estimate of drug-likeness (QED) is 0.542. The third-order valence-corrected chi connectivity index (χ3v) is 3.92. The van der Waals surface area contributed by atoms with Gasteiger partial charge in [-0.15, -0.1) is 0 Å². The topological polar surface area (TPSA) is 87.3 Å². The molecule has 0 bridgehead atoms. The summed E-state index contributed by atoms with van der Waals surface area (Å²) in [5.41, 5.74) is 3.76. The minimum Gasteiger partial charge on any atom is -0.396 e. The molecule has 1 atom stereocenters. The highest BCUT2D eigenvalue weighted by Crippen LogP contribution is 2.35. The van der Waals surface area contributed by atoms with E-state index in [2.05, 4.69) is 34.1 Å². The number of aromatic nitrogens is 2. The third-order valence-electron chi connectivity index (χ3n) is 3.92. The van der Waals surface area contributed by atoms with Crippen LogP contribution in [0.15, 0.2) is 6.33 Å². The second-order valence-electron chi connectivity index (χ2n) is 5.61. The fourth-order valence-electron chi connectivity index (χ4n) is 3.00. The highest BCUT2D eigenvalue weighted by atomic mass is 16.2. The van der Waals surface area contributed by atoms with Gasteiger partial charge in [0.2, 0.25) is 0 Å². The summed E-state index contributed by atoms with van der Waals surface area (Å²) < 4.78 is 0. The monoisotopic (exact) mass is 279 g/mol. The molecule has 1 aliphatic rings. The number of hydrazine groups is 1. The van der Waals surface area contributed by atoms with E-state index < -0.39 is 0 Å². The first-order chi connectivity index (χ1) is 9.69. The zero-order chi connectivity index (χ0) is 14.5. The predicted molar refractivity (Wildman–Crippen MR) is 80.6 cm³/mol. The van der Waals surface area contributed by atoms with E-state index in [0.717, 1.165) is 37.2 Å². The van der Waals surface area contributed by atoms with E-state index in [1.807, 2.05) is 0 Å². The van der Waals surface area contributed by atoms with Crippen LogP contribution in [0.25, 0.3) is 0 Å². The third kappa shape index (κ3) is 3.02. The Hall–Kier alpha value is -1.40. The molecule has 6 nitrogen and oxygen atoms in total. The second kappa shape index (κ2) is 6.85. The van der Waals surface area contributed by atoms with Crippen LogP contribution < -0.4 is 16.2 Å². The molecule has 0 aromatic carbocycles. The summed E-state index contributed by atoms with van der Waals surface area (Å²) in [7, 11) is 0. The molecule has 0 aliphatic carbocycles. The van der Waals surface area contributed by atoms with E-state index in [0.29, 0.717) is 17.8 Å². The molecule has 1 aromatic rings. The molecule has 4 N–H and O–H groups in total. The van der Waals surface area contributed by atoms with Crippen molar-refractivity contribution in [3.63, 3.8) is 0 Å². The summed E-state index contributed by atoms with van der Waals surface area (Å²) >= 11 is 0. The summed E-state index contributed by atoms with van der Waals surface area (Å²) in [6, 6.07) is 0.458. The number of nitrogens with two attached hydrogens (primary N) is 1. The van der Waals surface area contributed by atoms with Crippen LogP contribution in [-0.4, -0.2) is 34.3 Å². The number of hydrogen-bond donors (Lipinski definition) is 3. The van der Waals surface area contributed by atoms with Crippen molar-refractivity contribution in [1.29, 1.82) is 0 Å². The van der Waals surface area contributed by atoms with Crippen LogP contribution >= 0.6 is 0 Å². The van der Waals surface area contributed by atoms with E-state index in [9.17, 15) is 0 Å². The van der Waals surface area contributed by atoms with Crippen LogP contribution in [0.5, 0.6) is 0 Å². The van der Waals surface area contributed by atoms with Gasteiger partial charge in [-0.1, -0.05) is 13.8 Å². The molecular formula is C14H25N5O. The largest absolute Gasteiger partial charge is 0.396 e. The number of aliphatic hydroxyl groups is 1. The maximum atomic E-state index is 9.04. The molecule has 0 saturated carbocycles. The van der Waals surface area contributed by atoms with Gasteiger partial charge in [-0.3, -0.25) is 0 Å². The van der Waals surface area contributed by atoms with Crippen LogP contribution in [0.2, 0.25) is 0 Å². The van der Waals surface area contributed by atoms with Gasteiger partial charge in [-0.25, -0.2) is 15.8 Å². The van der Waals surface area contributed by atoms with Gasteiger partial charge in [0.25, 0.3) is 0 Å². The van der Waals surface area contributed by atoms with Crippen LogP contribution in [0.3, 0.4) is 0 Å². The first-order valence-corrected chi connectivity index (χ1v) is 7.38. The lowest BCUT2D eigenvalue weighted by Gasteiger charge is -2.29. The standard InChI is InChI=1S/C14H25N5O/c1-10(2)12-13(18-15)16-9-17-14(12)19-7-3-5-11(19)6-4-8-20/h9-11,20H,3-8,15H2,1-2H3,(H,16,17,18). The van der Waals surface area contributed by atoms with Gasteiger partial charge in [-0.2, -0.15) is 0 Å². The number of anilines is 2. The van der Waals surface area contributed by atoms with E-state index in [1.165, 1.54) is 6.42 Å². The van der Waals surface area contributed by atoms with Crippen LogP contribution in [-0.2, 0) is 0 Å². The maximum Gasteiger partial charge on any atom is 0.148 e. The fraction of sp³-hybridized carbons (Fsp3) is 0.714. The number of aliphatic hydroxyl groups excluding tert-OH is 1. The molecule has 0 amide bonds. The Kier molecular flexibility index (Phi) is 5.14. The molecule has 1 aliphatic heterocycles. The Bertz CT molecular complexity index is 438. The van der Waals surface area contributed by atoms with Gasteiger partial charge in [-0.05, 0) is 31.6 Å². The Morgan fingerprint density at radius 3 is 2.95 bits per heavy atom. The molecule has 1 unspecified atom stereocenters. The normalized spacial score (nSPS) is 18.9. The first-order valence-electron chi connectivity index (χ1n) is 7.38. The Morgan fingerprint density at radius 1 is 1.50 bits per heavy atom. The second-order valence-corrected chi connectivity index (χ2v) is 5.61. The van der Waals surface area contributed by atoms with Crippen molar-refractivity contribution in [2.75, 3.05) is 23.5 Å². The molecule has 1 saturated heterocycles. The molecule has 2 rings (SSSR count). The summed E-state index contributed by atoms with van der Waals surface area (Å²) in [6.07, 6.45) is 5.74. The summed E-state index contributed by atoms with van der Waals surface area (Å²) in [4.78, 5) is 11.1. The van der Waals surface area contributed by atoms with Crippen LogP contribution in [0, 0.1) is 0 Å². The number of rotatable bonds is 6. The zero-order valence-corrected chi connectivity index (χ0v) is 12.3. The highest BCUT2D eigenvalue weighted by molar-refractivity contribution is 5.60. The van der Waals surface area contributed by atoms with Gasteiger partial charge < -0.3 is 15.4 Å². The average Bonchev–Trinajstić information content (AvgIpc) is 2.92. The average molecular weight is 279 g/mol. The minimum absolute atomic E-state index is 0.251. The van der Waals surface area contributed by atoms with Crippen molar-refractivity contribution in [2.24, 2.45) is 5.84 Å². The van der Waals surface area contributed by atoms with Crippen molar-refractivity contribution in [2.45, 2.75) is 51.5 Å². The van der Waals surface area contributed by atoms with Gasteiger partial charge in [0, 0.05) is 24.8 Å². The van der Waals surface area contributed by atoms with Crippen molar-refractivity contribution in [3.05, 3.63) is 11.9 Å². The first kappa shape index (κ1) is 15.0. The zero-order valence-electron chi connectivity index (χ0n) is 12.3. The molecule has 2 heterocycles.